The standard InChI is InChI=1S/C33H42N8O2/c1-4-7-26(35-5-2)20-36-31(42)25-14-11-23(12-15-25)10-13-24-8-6-9-27-29(24)39-33(41-16-18-43-19-17-41)40-30(27)28-21-37-32(34)38-22(28)3/h4-5,7,11-12,14-15,21-22,24,28H,1,6,8-10,13,16-20H2,2-3H3,(H2,34,38)(H,36,42)/b26-7-,35-5-. The highest BCUT2D eigenvalue weighted by molar-refractivity contribution is 5.94. The van der Waals surface area contributed by atoms with Crippen molar-refractivity contribution < 1.29 is 9.53 Å². The second-order valence-electron chi connectivity index (χ2n) is 11.2. The minimum Gasteiger partial charge on any atom is -0.378 e. The van der Waals surface area contributed by atoms with Crippen molar-refractivity contribution in [1.82, 2.24) is 15.3 Å². The summed E-state index contributed by atoms with van der Waals surface area (Å²) in [6.45, 7) is 10.9. The fourth-order valence-corrected chi connectivity index (χ4v) is 6.01. The molecule has 2 aromatic rings. The summed E-state index contributed by atoms with van der Waals surface area (Å²) >= 11 is 0. The quantitative estimate of drug-likeness (QED) is 0.320. The Labute approximate surface area is 254 Å². The van der Waals surface area contributed by atoms with Crippen LogP contribution in [0.5, 0.6) is 0 Å². The summed E-state index contributed by atoms with van der Waals surface area (Å²) in [6.07, 6.45) is 12.1. The van der Waals surface area contributed by atoms with Crippen LogP contribution >= 0.6 is 0 Å². The van der Waals surface area contributed by atoms with E-state index in [1.54, 1.807) is 18.4 Å². The van der Waals surface area contributed by atoms with Crippen LogP contribution < -0.4 is 16.0 Å². The third-order valence-corrected chi connectivity index (χ3v) is 8.29. The molecule has 226 valence electrons. The van der Waals surface area contributed by atoms with Crippen molar-refractivity contribution >= 4 is 30.2 Å². The lowest BCUT2D eigenvalue weighted by atomic mass is 9.80. The van der Waals surface area contributed by atoms with Crippen LogP contribution in [-0.4, -0.2) is 73.2 Å². The molecule has 1 aromatic heterocycles. The number of aryl methyl sites for hydroxylation is 1. The summed E-state index contributed by atoms with van der Waals surface area (Å²) in [4.78, 5) is 38.4. The second-order valence-corrected chi connectivity index (χ2v) is 11.2. The molecule has 1 aromatic carbocycles. The number of guanidine groups is 1. The van der Waals surface area contributed by atoms with Gasteiger partial charge in [-0.1, -0.05) is 24.8 Å². The monoisotopic (exact) mass is 582 g/mol. The van der Waals surface area contributed by atoms with Crippen molar-refractivity contribution in [3.63, 3.8) is 0 Å². The van der Waals surface area contributed by atoms with Gasteiger partial charge in [-0.15, -0.1) is 0 Å². The molecule has 3 unspecified atom stereocenters. The highest BCUT2D eigenvalue weighted by Gasteiger charge is 2.32. The highest BCUT2D eigenvalue weighted by atomic mass is 16.5. The van der Waals surface area contributed by atoms with E-state index in [0.29, 0.717) is 37.2 Å². The van der Waals surface area contributed by atoms with E-state index in [9.17, 15) is 4.79 Å². The molecule has 3 N–H and O–H groups in total. The molecule has 10 heteroatoms. The van der Waals surface area contributed by atoms with Crippen molar-refractivity contribution in [3.05, 3.63) is 76.8 Å². The fourth-order valence-electron chi connectivity index (χ4n) is 6.01. The summed E-state index contributed by atoms with van der Waals surface area (Å²) in [7, 11) is 0. The minimum absolute atomic E-state index is 0.0293. The van der Waals surface area contributed by atoms with Gasteiger partial charge < -0.3 is 20.7 Å². The van der Waals surface area contributed by atoms with E-state index in [0.717, 1.165) is 68.2 Å². The van der Waals surface area contributed by atoms with Gasteiger partial charge in [0.25, 0.3) is 5.91 Å². The van der Waals surface area contributed by atoms with E-state index in [1.165, 1.54) is 11.1 Å². The van der Waals surface area contributed by atoms with Gasteiger partial charge in [-0.05, 0) is 75.3 Å². The number of allylic oxidation sites excluding steroid dienone is 2. The number of ether oxygens (including phenoxy) is 1. The Bertz CT molecular complexity index is 1420. The summed E-state index contributed by atoms with van der Waals surface area (Å²) in [6, 6.07) is 7.86. The first-order chi connectivity index (χ1) is 21.0. The largest absolute Gasteiger partial charge is 0.378 e. The van der Waals surface area contributed by atoms with E-state index < -0.39 is 0 Å². The molecule has 3 atom stereocenters. The van der Waals surface area contributed by atoms with Gasteiger partial charge in [-0.2, -0.15) is 0 Å². The van der Waals surface area contributed by atoms with Gasteiger partial charge in [-0.3, -0.25) is 9.79 Å². The zero-order chi connectivity index (χ0) is 30.2. The Kier molecular flexibility index (Phi) is 10.1. The van der Waals surface area contributed by atoms with Gasteiger partial charge in [0, 0.05) is 37.0 Å². The summed E-state index contributed by atoms with van der Waals surface area (Å²) in [5.74, 6) is 1.27. The van der Waals surface area contributed by atoms with Crippen LogP contribution in [-0.2, 0) is 17.6 Å². The first-order valence-electron chi connectivity index (χ1n) is 15.2. The maximum absolute atomic E-state index is 12.7. The van der Waals surface area contributed by atoms with Crippen molar-refractivity contribution in [2.24, 2.45) is 20.7 Å². The molecule has 1 saturated heterocycles. The van der Waals surface area contributed by atoms with Crippen LogP contribution in [0.3, 0.4) is 0 Å². The molecule has 1 amide bonds. The molecule has 0 saturated carbocycles. The number of hydrogen-bond donors (Lipinski definition) is 2. The maximum Gasteiger partial charge on any atom is 0.251 e. The predicted molar refractivity (Wildman–Crippen MR) is 173 cm³/mol. The number of rotatable bonds is 10. The van der Waals surface area contributed by atoms with Crippen LogP contribution in [0.1, 0.15) is 77.8 Å². The molecule has 1 aliphatic carbocycles. The number of aromatic nitrogens is 2. The number of hydrogen-bond acceptors (Lipinski definition) is 9. The number of benzene rings is 1. The number of nitrogens with one attached hydrogen (secondary N) is 1. The summed E-state index contributed by atoms with van der Waals surface area (Å²) < 4.78 is 5.60. The predicted octanol–water partition coefficient (Wildman–Crippen LogP) is 4.13. The number of nitrogens with two attached hydrogens (primary N) is 1. The Balaban J connectivity index is 1.32. The van der Waals surface area contributed by atoms with Crippen LogP contribution in [0.15, 0.2) is 63.7 Å². The van der Waals surface area contributed by atoms with Crippen molar-refractivity contribution in [3.8, 4) is 0 Å². The molecule has 0 spiro atoms. The average Bonchev–Trinajstić information content (AvgIpc) is 3.03. The average molecular weight is 583 g/mol. The van der Waals surface area contributed by atoms with Crippen molar-refractivity contribution in [1.29, 1.82) is 0 Å². The Hall–Kier alpha value is -4.18. The topological polar surface area (TPSA) is 130 Å². The third-order valence-electron chi connectivity index (χ3n) is 8.29. The van der Waals surface area contributed by atoms with Crippen molar-refractivity contribution in [2.75, 3.05) is 37.7 Å². The maximum atomic E-state index is 12.7. The van der Waals surface area contributed by atoms with Gasteiger partial charge in [-0.25, -0.2) is 20.0 Å². The molecule has 3 heterocycles. The first-order valence-corrected chi connectivity index (χ1v) is 15.2. The number of morpholine rings is 1. The molecular weight excluding hydrogens is 540 g/mol. The van der Waals surface area contributed by atoms with Gasteiger partial charge in [0.05, 0.1) is 48.8 Å². The number of amides is 1. The Morgan fingerprint density at radius 1 is 1.21 bits per heavy atom. The van der Waals surface area contributed by atoms with Crippen molar-refractivity contribution in [2.45, 2.75) is 63.8 Å². The van der Waals surface area contributed by atoms with Gasteiger partial charge in [0.1, 0.15) is 0 Å². The van der Waals surface area contributed by atoms with Crippen LogP contribution in [0.25, 0.3) is 0 Å². The zero-order valence-corrected chi connectivity index (χ0v) is 25.2. The van der Waals surface area contributed by atoms with Gasteiger partial charge in [0.15, 0.2) is 0 Å². The molecular formula is C33H42N8O2. The molecule has 2 aliphatic heterocycles. The minimum atomic E-state index is -0.125. The fraction of sp³-hybridized carbons (Fsp3) is 0.455. The van der Waals surface area contributed by atoms with E-state index in [4.69, 9.17) is 20.4 Å². The third kappa shape index (κ3) is 7.43. The van der Waals surface area contributed by atoms with Crippen LogP contribution in [0, 0.1) is 0 Å². The number of aliphatic imine (C=N–C) groups is 3. The van der Waals surface area contributed by atoms with E-state index in [2.05, 4.69) is 50.8 Å². The smallest absolute Gasteiger partial charge is 0.251 e. The van der Waals surface area contributed by atoms with Crippen LogP contribution in [0.2, 0.25) is 0 Å². The SMILES string of the molecule is C=C/C=C(CNC(=O)c1ccc(CCC2CCCc3c2nc(N2CCOCC2)nc3C2C=NC(N)=NC2C)cc1)\N=C/C. The van der Waals surface area contributed by atoms with E-state index in [-0.39, 0.29) is 17.9 Å². The summed E-state index contributed by atoms with van der Waals surface area (Å²) in [5, 5.41) is 2.93. The number of anilines is 1. The highest BCUT2D eigenvalue weighted by Crippen LogP contribution is 2.39. The van der Waals surface area contributed by atoms with Gasteiger partial charge >= 0.3 is 0 Å². The zero-order valence-electron chi connectivity index (χ0n) is 25.2. The molecule has 43 heavy (non-hydrogen) atoms. The lowest BCUT2D eigenvalue weighted by molar-refractivity contribution is 0.0957. The lowest BCUT2D eigenvalue weighted by Gasteiger charge is -2.33. The molecule has 0 radical (unpaired) electrons. The normalized spacial score (nSPS) is 22.3. The van der Waals surface area contributed by atoms with E-state index in [1.807, 2.05) is 25.3 Å². The van der Waals surface area contributed by atoms with E-state index >= 15 is 0 Å². The second kappa shape index (κ2) is 14.3. The van der Waals surface area contributed by atoms with Crippen LogP contribution in [0.4, 0.5) is 5.95 Å². The number of carbonyl (C=O) groups is 1. The Morgan fingerprint density at radius 3 is 2.70 bits per heavy atom. The molecule has 1 fully saturated rings. The molecule has 5 rings (SSSR count). The first kappa shape index (κ1) is 30.3. The number of fused-ring (bicyclic) bond motifs is 1. The molecule has 10 nitrogen and oxygen atoms in total. The number of carbonyl (C=O) groups excluding carboxylic acids is 1. The number of nitrogens with zero attached hydrogens (tertiary/aromatic N) is 6. The van der Waals surface area contributed by atoms with Gasteiger partial charge in [0.2, 0.25) is 11.9 Å². The molecule has 3 aliphatic rings. The lowest BCUT2D eigenvalue weighted by Crippen LogP contribution is -2.38. The summed E-state index contributed by atoms with van der Waals surface area (Å²) in [5.41, 5.74) is 11.9. The molecule has 0 bridgehead atoms. The Morgan fingerprint density at radius 2 is 1.98 bits per heavy atom.